The molecule has 6 heteroatoms. The Balaban J connectivity index is 1.83. The van der Waals surface area contributed by atoms with Gasteiger partial charge in [-0.2, -0.15) is 5.26 Å². The molecule has 1 aromatic rings. The van der Waals surface area contributed by atoms with E-state index >= 15 is 0 Å². The van der Waals surface area contributed by atoms with Gasteiger partial charge in [-0.05, 0) is 32.4 Å². The van der Waals surface area contributed by atoms with E-state index in [0.717, 1.165) is 18.9 Å². The van der Waals surface area contributed by atoms with E-state index in [1.54, 1.807) is 0 Å². The first-order chi connectivity index (χ1) is 9.28. The van der Waals surface area contributed by atoms with E-state index in [0.29, 0.717) is 11.7 Å². The maximum atomic E-state index is 8.52. The molecule has 1 aliphatic heterocycles. The Morgan fingerprint density at radius 1 is 1.42 bits per heavy atom. The molecule has 0 saturated carbocycles. The molecule has 1 fully saturated rings. The number of piperidine rings is 1. The third-order valence-electron chi connectivity index (χ3n) is 3.31. The van der Waals surface area contributed by atoms with Crippen LogP contribution in [0.15, 0.2) is 12.4 Å². The topological polar surface area (TPSA) is 76.9 Å². The number of likely N-dealkylation sites (tertiary alicyclic amines) is 1. The van der Waals surface area contributed by atoms with Crippen LogP contribution in [0, 0.1) is 17.2 Å². The lowest BCUT2D eigenvalue weighted by Gasteiger charge is -2.29. The molecule has 0 amide bonds. The highest BCUT2D eigenvalue weighted by Crippen LogP contribution is 2.16. The van der Waals surface area contributed by atoms with E-state index in [4.69, 9.17) is 5.26 Å². The van der Waals surface area contributed by atoms with Gasteiger partial charge in [0, 0.05) is 19.2 Å². The van der Waals surface area contributed by atoms with Crippen LogP contribution in [-0.2, 0) is 0 Å². The molecule has 1 unspecified atom stereocenters. The van der Waals surface area contributed by atoms with E-state index in [2.05, 4.69) is 32.5 Å². The summed E-state index contributed by atoms with van der Waals surface area (Å²) in [6.45, 7) is 3.52. The summed E-state index contributed by atoms with van der Waals surface area (Å²) in [7, 11) is 2.17. The Morgan fingerprint density at radius 3 is 2.95 bits per heavy atom. The van der Waals surface area contributed by atoms with Crippen molar-refractivity contribution in [3.63, 3.8) is 0 Å². The number of rotatable bonds is 5. The molecule has 0 spiro atoms. The SMILES string of the molecule is CN1CCCC(CNc2cc(NCC#N)ncn2)C1. The maximum Gasteiger partial charge on any atom is 0.132 e. The molecule has 6 nitrogen and oxygen atoms in total. The summed E-state index contributed by atoms with van der Waals surface area (Å²) >= 11 is 0. The molecular formula is C13H20N6. The average molecular weight is 260 g/mol. The Morgan fingerprint density at radius 2 is 2.21 bits per heavy atom. The molecule has 102 valence electrons. The van der Waals surface area contributed by atoms with Crippen molar-refractivity contribution < 1.29 is 0 Å². The number of nitrogens with zero attached hydrogens (tertiary/aromatic N) is 4. The fourth-order valence-corrected chi connectivity index (χ4v) is 2.37. The predicted octanol–water partition coefficient (Wildman–Crippen LogP) is 1.17. The fourth-order valence-electron chi connectivity index (χ4n) is 2.37. The molecule has 0 radical (unpaired) electrons. The smallest absolute Gasteiger partial charge is 0.132 e. The van der Waals surface area contributed by atoms with E-state index in [1.807, 2.05) is 12.1 Å². The van der Waals surface area contributed by atoms with Gasteiger partial charge in [0.1, 0.15) is 24.5 Å². The van der Waals surface area contributed by atoms with Gasteiger partial charge in [-0.25, -0.2) is 9.97 Å². The highest BCUT2D eigenvalue weighted by atomic mass is 15.1. The van der Waals surface area contributed by atoms with E-state index in [1.165, 1.54) is 25.7 Å². The molecule has 2 N–H and O–H groups in total. The second-order valence-corrected chi connectivity index (χ2v) is 4.95. The third-order valence-corrected chi connectivity index (χ3v) is 3.31. The normalized spacial score (nSPS) is 19.7. The van der Waals surface area contributed by atoms with Crippen LogP contribution in [0.1, 0.15) is 12.8 Å². The van der Waals surface area contributed by atoms with Gasteiger partial charge >= 0.3 is 0 Å². The van der Waals surface area contributed by atoms with Gasteiger partial charge < -0.3 is 15.5 Å². The van der Waals surface area contributed by atoms with Crippen molar-refractivity contribution in [2.45, 2.75) is 12.8 Å². The molecule has 1 saturated heterocycles. The number of aromatic nitrogens is 2. The van der Waals surface area contributed by atoms with Crippen LogP contribution < -0.4 is 10.6 Å². The zero-order valence-corrected chi connectivity index (χ0v) is 11.3. The van der Waals surface area contributed by atoms with Crippen LogP contribution in [0.3, 0.4) is 0 Å². The minimum Gasteiger partial charge on any atom is -0.370 e. The van der Waals surface area contributed by atoms with Crippen LogP contribution >= 0.6 is 0 Å². The summed E-state index contributed by atoms with van der Waals surface area (Å²) in [5, 5.41) is 14.8. The zero-order chi connectivity index (χ0) is 13.5. The van der Waals surface area contributed by atoms with Crippen molar-refractivity contribution in [1.29, 1.82) is 5.26 Å². The lowest BCUT2D eigenvalue weighted by Crippen LogP contribution is -2.35. The second kappa shape index (κ2) is 6.90. The molecule has 1 aliphatic rings. The Bertz CT molecular complexity index is 441. The Labute approximate surface area is 113 Å². The summed E-state index contributed by atoms with van der Waals surface area (Å²) < 4.78 is 0. The van der Waals surface area contributed by atoms with Crippen molar-refractivity contribution in [2.24, 2.45) is 5.92 Å². The average Bonchev–Trinajstić information content (AvgIpc) is 2.43. The van der Waals surface area contributed by atoms with E-state index in [9.17, 15) is 0 Å². The summed E-state index contributed by atoms with van der Waals surface area (Å²) in [5.41, 5.74) is 0. The molecule has 0 aromatic carbocycles. The molecule has 2 heterocycles. The van der Waals surface area contributed by atoms with Crippen LogP contribution in [0.2, 0.25) is 0 Å². The van der Waals surface area contributed by atoms with E-state index in [-0.39, 0.29) is 6.54 Å². The lowest BCUT2D eigenvalue weighted by molar-refractivity contribution is 0.217. The Kier molecular flexibility index (Phi) is 4.93. The molecule has 1 atom stereocenters. The number of anilines is 2. The van der Waals surface area contributed by atoms with Gasteiger partial charge in [-0.1, -0.05) is 0 Å². The van der Waals surface area contributed by atoms with Crippen molar-refractivity contribution in [3.05, 3.63) is 12.4 Å². The number of hydrogen-bond acceptors (Lipinski definition) is 6. The van der Waals surface area contributed by atoms with E-state index < -0.39 is 0 Å². The molecule has 19 heavy (non-hydrogen) atoms. The first-order valence-electron chi connectivity index (χ1n) is 6.63. The minimum atomic E-state index is 0.254. The first-order valence-corrected chi connectivity index (χ1v) is 6.63. The van der Waals surface area contributed by atoms with Gasteiger partial charge in [-0.3, -0.25) is 0 Å². The van der Waals surface area contributed by atoms with Crippen molar-refractivity contribution in [2.75, 3.05) is 43.9 Å². The number of nitriles is 1. The number of nitrogens with one attached hydrogen (secondary N) is 2. The fraction of sp³-hybridized carbons (Fsp3) is 0.615. The number of hydrogen-bond donors (Lipinski definition) is 2. The van der Waals surface area contributed by atoms with Crippen molar-refractivity contribution in [1.82, 2.24) is 14.9 Å². The lowest BCUT2D eigenvalue weighted by atomic mass is 9.98. The standard InChI is InChI=1S/C13H20N6/c1-19-6-2-3-11(9-19)8-16-13-7-12(15-5-4-14)17-10-18-13/h7,10-11H,2-3,5-6,8-9H2,1H3,(H2,15,16,17,18). The largest absolute Gasteiger partial charge is 0.370 e. The summed E-state index contributed by atoms with van der Waals surface area (Å²) in [5.74, 6) is 2.16. The van der Waals surface area contributed by atoms with Gasteiger partial charge in [0.2, 0.25) is 0 Å². The van der Waals surface area contributed by atoms with Crippen LogP contribution in [-0.4, -0.2) is 48.1 Å². The van der Waals surface area contributed by atoms with Crippen molar-refractivity contribution >= 4 is 11.6 Å². The molecule has 1 aromatic heterocycles. The molecular weight excluding hydrogens is 240 g/mol. The van der Waals surface area contributed by atoms with Gasteiger partial charge in [0.05, 0.1) is 6.07 Å². The van der Waals surface area contributed by atoms with Crippen LogP contribution in [0.4, 0.5) is 11.6 Å². The van der Waals surface area contributed by atoms with Crippen LogP contribution in [0.25, 0.3) is 0 Å². The van der Waals surface area contributed by atoms with Gasteiger partial charge in [0.25, 0.3) is 0 Å². The maximum absolute atomic E-state index is 8.52. The highest BCUT2D eigenvalue weighted by molar-refractivity contribution is 5.46. The molecule has 0 aliphatic carbocycles. The predicted molar refractivity (Wildman–Crippen MR) is 74.8 cm³/mol. The Hall–Kier alpha value is -1.87. The highest BCUT2D eigenvalue weighted by Gasteiger charge is 2.16. The third kappa shape index (κ3) is 4.38. The van der Waals surface area contributed by atoms with Crippen molar-refractivity contribution in [3.8, 4) is 6.07 Å². The first kappa shape index (κ1) is 13.6. The van der Waals surface area contributed by atoms with Gasteiger partial charge in [0.15, 0.2) is 0 Å². The second-order valence-electron chi connectivity index (χ2n) is 4.95. The summed E-state index contributed by atoms with van der Waals surface area (Å²) in [6, 6.07) is 3.86. The zero-order valence-electron chi connectivity index (χ0n) is 11.3. The molecule has 0 bridgehead atoms. The quantitative estimate of drug-likeness (QED) is 0.774. The summed E-state index contributed by atoms with van der Waals surface area (Å²) in [6.07, 6.45) is 4.04. The van der Waals surface area contributed by atoms with Gasteiger partial charge in [-0.15, -0.1) is 0 Å². The monoisotopic (exact) mass is 260 g/mol. The minimum absolute atomic E-state index is 0.254. The summed E-state index contributed by atoms with van der Waals surface area (Å²) in [4.78, 5) is 10.6. The van der Waals surface area contributed by atoms with Crippen LogP contribution in [0.5, 0.6) is 0 Å². The molecule has 2 rings (SSSR count).